The molecule has 0 amide bonds. The van der Waals surface area contributed by atoms with Gasteiger partial charge in [0.05, 0.1) is 0 Å². The Labute approximate surface area is 112 Å². The maximum absolute atomic E-state index is 6.10. The fourth-order valence-electron chi connectivity index (χ4n) is 2.45. The Kier molecular flexibility index (Phi) is 3.16. The predicted octanol–water partition coefficient (Wildman–Crippen LogP) is 1.18. The molecule has 0 spiro atoms. The summed E-state index contributed by atoms with van der Waals surface area (Å²) in [7, 11) is 0. The van der Waals surface area contributed by atoms with Crippen LogP contribution in [-0.4, -0.2) is 38.8 Å². The van der Waals surface area contributed by atoms with Gasteiger partial charge in [0.15, 0.2) is 5.82 Å². The maximum atomic E-state index is 6.10. The van der Waals surface area contributed by atoms with E-state index in [1.54, 1.807) is 6.20 Å². The molecule has 1 aliphatic heterocycles. The molecule has 2 atom stereocenters. The molecule has 100 valence electrons. The molecule has 0 radical (unpaired) electrons. The Hall–Kier alpha value is -1.95. The highest BCUT2D eigenvalue weighted by Gasteiger charge is 2.27. The lowest BCUT2D eigenvalue weighted by Crippen LogP contribution is -2.50. The summed E-state index contributed by atoms with van der Waals surface area (Å²) in [4.78, 5) is 11.0. The average Bonchev–Trinajstić information content (AvgIpc) is 2.92. The number of aromatic amines is 1. The highest BCUT2D eigenvalue weighted by Crippen LogP contribution is 2.22. The van der Waals surface area contributed by atoms with Gasteiger partial charge in [0.25, 0.3) is 0 Å². The van der Waals surface area contributed by atoms with Crippen molar-refractivity contribution in [2.24, 2.45) is 5.73 Å². The summed E-state index contributed by atoms with van der Waals surface area (Å²) in [6.45, 7) is 3.08. The van der Waals surface area contributed by atoms with Crippen LogP contribution in [0.3, 0.4) is 0 Å². The molecule has 19 heavy (non-hydrogen) atoms. The van der Waals surface area contributed by atoms with Crippen molar-refractivity contribution in [3.05, 3.63) is 24.4 Å². The second-order valence-electron chi connectivity index (χ2n) is 4.94. The normalized spacial score (nSPS) is 23.6. The van der Waals surface area contributed by atoms with E-state index in [2.05, 4.69) is 32.0 Å². The zero-order valence-electron chi connectivity index (χ0n) is 11.0. The highest BCUT2D eigenvalue weighted by atomic mass is 15.4. The summed E-state index contributed by atoms with van der Waals surface area (Å²) in [5, 5.41) is 7.24. The molecule has 3 N–H and O–H groups in total. The third-order valence-electron chi connectivity index (χ3n) is 3.69. The molecule has 6 heteroatoms. The molecule has 2 unspecified atom stereocenters. The molecule has 1 saturated heterocycles. The number of piperidine rings is 1. The Bertz CT molecular complexity index is 537. The molecule has 2 aromatic heterocycles. The van der Waals surface area contributed by atoms with Gasteiger partial charge in [-0.3, -0.25) is 10.1 Å². The van der Waals surface area contributed by atoms with Crippen LogP contribution in [0.1, 0.15) is 19.8 Å². The van der Waals surface area contributed by atoms with E-state index in [0.717, 1.165) is 25.1 Å². The molecule has 0 saturated carbocycles. The fraction of sp³-hybridized carbons (Fsp3) is 0.462. The lowest BCUT2D eigenvalue weighted by atomic mass is 9.99. The largest absolute Gasteiger partial charge is 0.335 e. The number of hydrogen-bond acceptors (Lipinski definition) is 5. The molecular weight excluding hydrogens is 240 g/mol. The van der Waals surface area contributed by atoms with Crippen molar-refractivity contribution in [2.45, 2.75) is 31.8 Å². The average molecular weight is 258 g/mol. The number of rotatable bonds is 2. The van der Waals surface area contributed by atoms with E-state index in [1.165, 1.54) is 0 Å². The molecule has 6 nitrogen and oxygen atoms in total. The van der Waals surface area contributed by atoms with Crippen molar-refractivity contribution in [1.82, 2.24) is 20.2 Å². The van der Waals surface area contributed by atoms with Crippen LogP contribution < -0.4 is 10.6 Å². The molecule has 0 aliphatic carbocycles. The first-order valence-electron chi connectivity index (χ1n) is 6.62. The smallest absolute Gasteiger partial charge is 0.245 e. The van der Waals surface area contributed by atoms with Gasteiger partial charge in [-0.15, -0.1) is 5.10 Å². The topological polar surface area (TPSA) is 83.7 Å². The van der Waals surface area contributed by atoms with E-state index in [0.29, 0.717) is 11.8 Å². The van der Waals surface area contributed by atoms with Crippen molar-refractivity contribution < 1.29 is 0 Å². The van der Waals surface area contributed by atoms with Gasteiger partial charge < -0.3 is 10.6 Å². The van der Waals surface area contributed by atoms with Gasteiger partial charge in [-0.05, 0) is 31.9 Å². The van der Waals surface area contributed by atoms with Gasteiger partial charge in [-0.25, -0.2) is 0 Å². The van der Waals surface area contributed by atoms with Crippen molar-refractivity contribution >= 4 is 5.95 Å². The number of nitrogens with one attached hydrogen (secondary N) is 1. The van der Waals surface area contributed by atoms with E-state index in [9.17, 15) is 0 Å². The Balaban J connectivity index is 1.85. The third-order valence-corrected chi connectivity index (χ3v) is 3.69. The molecular formula is C13H18N6. The van der Waals surface area contributed by atoms with Gasteiger partial charge in [0.2, 0.25) is 5.95 Å². The van der Waals surface area contributed by atoms with Gasteiger partial charge in [0, 0.05) is 24.8 Å². The molecule has 1 aliphatic rings. The van der Waals surface area contributed by atoms with E-state index < -0.39 is 0 Å². The number of hydrogen-bond donors (Lipinski definition) is 2. The zero-order chi connectivity index (χ0) is 13.2. The summed E-state index contributed by atoms with van der Waals surface area (Å²) in [5.74, 6) is 1.41. The van der Waals surface area contributed by atoms with Gasteiger partial charge >= 0.3 is 0 Å². The first-order chi connectivity index (χ1) is 9.25. The predicted molar refractivity (Wildman–Crippen MR) is 73.6 cm³/mol. The molecule has 2 aromatic rings. The van der Waals surface area contributed by atoms with Crippen LogP contribution in [-0.2, 0) is 0 Å². The fourth-order valence-corrected chi connectivity index (χ4v) is 2.45. The van der Waals surface area contributed by atoms with Crippen molar-refractivity contribution in [3.63, 3.8) is 0 Å². The number of anilines is 1. The molecule has 1 fully saturated rings. The van der Waals surface area contributed by atoms with Crippen LogP contribution in [0.4, 0.5) is 5.95 Å². The third kappa shape index (κ3) is 2.31. The Morgan fingerprint density at radius 3 is 3.11 bits per heavy atom. The number of aromatic nitrogens is 4. The zero-order valence-corrected chi connectivity index (χ0v) is 11.0. The van der Waals surface area contributed by atoms with E-state index in [-0.39, 0.29) is 12.1 Å². The van der Waals surface area contributed by atoms with E-state index in [1.807, 2.05) is 18.2 Å². The van der Waals surface area contributed by atoms with Crippen molar-refractivity contribution in [3.8, 4) is 11.5 Å². The first-order valence-corrected chi connectivity index (χ1v) is 6.62. The SMILES string of the molecule is CC1C(N)CCCN1c1n[nH]c(-c2ccccn2)n1. The van der Waals surface area contributed by atoms with Gasteiger partial charge in [0.1, 0.15) is 5.69 Å². The minimum Gasteiger partial charge on any atom is -0.335 e. The highest BCUT2D eigenvalue weighted by molar-refractivity contribution is 5.51. The number of H-pyrrole nitrogens is 1. The summed E-state index contributed by atoms with van der Waals surface area (Å²) in [6, 6.07) is 6.18. The molecule has 0 bridgehead atoms. The van der Waals surface area contributed by atoms with Crippen LogP contribution in [0.25, 0.3) is 11.5 Å². The Morgan fingerprint density at radius 1 is 1.42 bits per heavy atom. The minimum atomic E-state index is 0.186. The summed E-state index contributed by atoms with van der Waals surface area (Å²) < 4.78 is 0. The van der Waals surface area contributed by atoms with Gasteiger partial charge in [-0.1, -0.05) is 6.07 Å². The first kappa shape index (κ1) is 12.1. The van der Waals surface area contributed by atoms with Crippen LogP contribution in [0.15, 0.2) is 24.4 Å². The van der Waals surface area contributed by atoms with Crippen molar-refractivity contribution in [1.29, 1.82) is 0 Å². The number of nitrogens with two attached hydrogens (primary N) is 1. The number of nitrogens with zero attached hydrogens (tertiary/aromatic N) is 4. The monoisotopic (exact) mass is 258 g/mol. The lowest BCUT2D eigenvalue weighted by Gasteiger charge is -2.36. The summed E-state index contributed by atoms with van der Waals surface area (Å²) in [6.07, 6.45) is 3.89. The van der Waals surface area contributed by atoms with Gasteiger partial charge in [-0.2, -0.15) is 4.98 Å². The second-order valence-corrected chi connectivity index (χ2v) is 4.94. The Morgan fingerprint density at radius 2 is 2.32 bits per heavy atom. The van der Waals surface area contributed by atoms with E-state index >= 15 is 0 Å². The van der Waals surface area contributed by atoms with Crippen LogP contribution >= 0.6 is 0 Å². The minimum absolute atomic E-state index is 0.186. The number of pyridine rings is 1. The van der Waals surface area contributed by atoms with Crippen molar-refractivity contribution in [2.75, 3.05) is 11.4 Å². The van der Waals surface area contributed by atoms with Crippen LogP contribution in [0.2, 0.25) is 0 Å². The lowest BCUT2D eigenvalue weighted by molar-refractivity contribution is 0.416. The molecule has 3 rings (SSSR count). The van der Waals surface area contributed by atoms with Crippen LogP contribution in [0.5, 0.6) is 0 Å². The maximum Gasteiger partial charge on any atom is 0.245 e. The van der Waals surface area contributed by atoms with E-state index in [4.69, 9.17) is 5.73 Å². The van der Waals surface area contributed by atoms with Crippen LogP contribution in [0, 0.1) is 0 Å². The molecule has 0 aromatic carbocycles. The summed E-state index contributed by atoms with van der Waals surface area (Å²) in [5.41, 5.74) is 6.91. The standard InChI is InChI=1S/C13H18N6/c1-9-10(14)5-4-8-19(9)13-16-12(17-18-13)11-6-2-3-7-15-11/h2-3,6-7,9-10H,4-5,8,14H2,1H3,(H,16,17,18). The molecule has 3 heterocycles. The summed E-state index contributed by atoms with van der Waals surface area (Å²) >= 11 is 0. The quantitative estimate of drug-likeness (QED) is 0.845. The second kappa shape index (κ2) is 4.97.